The van der Waals surface area contributed by atoms with Crippen LogP contribution in [0, 0.1) is 17.6 Å². The lowest BCUT2D eigenvalue weighted by Gasteiger charge is -2.39. The number of methoxy groups -OCH3 is 2. The molecule has 1 fully saturated rings. The molecule has 1 saturated heterocycles. The highest BCUT2D eigenvalue weighted by molar-refractivity contribution is 7.93. The van der Waals surface area contributed by atoms with Gasteiger partial charge in [-0.05, 0) is 68.5 Å². The maximum absolute atomic E-state index is 15.8. The Morgan fingerprint density at radius 3 is 2.39 bits per heavy atom. The molecule has 1 aliphatic rings. The molecule has 3 aromatic carbocycles. The molecule has 0 unspecified atom stereocenters. The molecule has 0 N–H and O–H groups in total. The Balaban J connectivity index is 1.41. The summed E-state index contributed by atoms with van der Waals surface area (Å²) < 4.78 is 86.1. The Labute approximate surface area is 309 Å². The third-order valence-electron chi connectivity index (χ3n) is 8.10. The number of benzene rings is 3. The van der Waals surface area contributed by atoms with Crippen LogP contribution >= 0.6 is 34.7 Å². The van der Waals surface area contributed by atoms with Crippen molar-refractivity contribution in [1.29, 1.82) is 0 Å². The number of ether oxygens (including phenoxy) is 4. The Kier molecular flexibility index (Phi) is 11.8. The molecule has 2 atom stereocenters. The molecule has 0 aliphatic carbocycles. The standard InChI is InChI=1S/C34H36Cl2F2N4O7S2/c1-34(2,3)49-33(43)41-11-10-23(21-7-8-24(35)25(36)13-21)22(17-41)18-48-29-14-27(38)31(15-26(29)37)51(44,45)42(32-39-19-40-50-32)16-20-6-9-28(46-4)30(12-20)47-5/h6-9,12-15,19,22-23H,10-11,16-18H2,1-5H3/t22-,23-/m1/s1. The molecule has 2 heterocycles. The average Bonchev–Trinajstić information content (AvgIpc) is 3.62. The summed E-state index contributed by atoms with van der Waals surface area (Å²) in [6.45, 7) is 5.39. The summed E-state index contributed by atoms with van der Waals surface area (Å²) in [5.41, 5.74) is 0.567. The molecule has 1 amide bonds. The molecule has 5 rings (SSSR count). The highest BCUT2D eigenvalue weighted by atomic mass is 35.5. The lowest BCUT2D eigenvalue weighted by atomic mass is 9.81. The highest BCUT2D eigenvalue weighted by Crippen LogP contribution is 2.38. The maximum atomic E-state index is 15.8. The lowest BCUT2D eigenvalue weighted by molar-refractivity contribution is 0.0110. The van der Waals surface area contributed by atoms with Gasteiger partial charge < -0.3 is 23.8 Å². The summed E-state index contributed by atoms with van der Waals surface area (Å²) in [4.78, 5) is 17.6. The van der Waals surface area contributed by atoms with Gasteiger partial charge in [0.1, 0.15) is 22.6 Å². The zero-order chi connectivity index (χ0) is 37.1. The quantitative estimate of drug-likeness (QED) is 0.149. The second kappa shape index (κ2) is 15.8. The van der Waals surface area contributed by atoms with Gasteiger partial charge in [0.05, 0.1) is 37.4 Å². The molecule has 4 aromatic rings. The van der Waals surface area contributed by atoms with E-state index in [0.29, 0.717) is 52.2 Å². The summed E-state index contributed by atoms with van der Waals surface area (Å²) in [6, 6.07) is 11.3. The van der Waals surface area contributed by atoms with Crippen LogP contribution in [0.25, 0.3) is 0 Å². The van der Waals surface area contributed by atoms with Crippen LogP contribution in [-0.2, 0) is 21.3 Å². The number of carbonyl (C=O) groups is 1. The van der Waals surface area contributed by atoms with Crippen LogP contribution < -0.4 is 18.5 Å². The molecule has 274 valence electrons. The predicted octanol–water partition coefficient (Wildman–Crippen LogP) is 7.96. The number of rotatable bonds is 11. The van der Waals surface area contributed by atoms with E-state index in [9.17, 15) is 13.2 Å². The van der Waals surface area contributed by atoms with Crippen molar-refractivity contribution < 1.29 is 40.9 Å². The van der Waals surface area contributed by atoms with Crippen LogP contribution in [-0.4, -0.2) is 68.3 Å². The SMILES string of the molecule is COc1ccc(CN(c2ncns2)S(=O)(=O)c2cc(F)c(OC[C@H]3CN(C(=O)OC(C)(C)C)CC[C@@H]3c3ccc(Cl)c(Cl)c3)cc2F)cc1OC. The van der Waals surface area contributed by atoms with Crippen molar-refractivity contribution in [2.75, 3.05) is 38.2 Å². The number of sulfonamides is 1. The highest BCUT2D eigenvalue weighted by Gasteiger charge is 2.36. The topological polar surface area (TPSA) is 120 Å². The fourth-order valence-corrected chi connectivity index (χ4v) is 8.19. The summed E-state index contributed by atoms with van der Waals surface area (Å²) >= 11 is 13.2. The van der Waals surface area contributed by atoms with Gasteiger partial charge in [-0.3, -0.25) is 0 Å². The minimum atomic E-state index is -4.73. The number of piperidine rings is 1. The number of amides is 1. The number of carbonyl (C=O) groups excluding carboxylic acids is 1. The normalized spacial score (nSPS) is 16.5. The zero-order valence-electron chi connectivity index (χ0n) is 28.4. The number of hydrogen-bond acceptors (Lipinski definition) is 10. The minimum absolute atomic E-state index is 0.0647. The number of nitrogens with zero attached hydrogens (tertiary/aromatic N) is 4. The van der Waals surface area contributed by atoms with Gasteiger partial charge in [-0.15, -0.1) is 0 Å². The van der Waals surface area contributed by atoms with E-state index in [1.807, 2.05) is 6.07 Å². The van der Waals surface area contributed by atoms with E-state index in [1.54, 1.807) is 56.0 Å². The first kappa shape index (κ1) is 38.3. The maximum Gasteiger partial charge on any atom is 0.410 e. The molecule has 51 heavy (non-hydrogen) atoms. The molecule has 11 nitrogen and oxygen atoms in total. The first-order valence-electron chi connectivity index (χ1n) is 15.7. The molecule has 1 aliphatic heterocycles. The lowest BCUT2D eigenvalue weighted by Crippen LogP contribution is -2.46. The molecule has 0 saturated carbocycles. The smallest absolute Gasteiger partial charge is 0.410 e. The summed E-state index contributed by atoms with van der Waals surface area (Å²) in [5, 5.41) is 0.660. The molecular weight excluding hydrogens is 749 g/mol. The number of hydrogen-bond donors (Lipinski definition) is 0. The van der Waals surface area contributed by atoms with Crippen molar-refractivity contribution in [3.05, 3.63) is 87.7 Å². The van der Waals surface area contributed by atoms with Gasteiger partial charge in [0.15, 0.2) is 23.1 Å². The third-order valence-corrected chi connectivity index (χ3v) is 11.4. The molecular formula is C34H36Cl2F2N4O7S2. The van der Waals surface area contributed by atoms with E-state index in [1.165, 1.54) is 14.2 Å². The van der Waals surface area contributed by atoms with E-state index < -0.39 is 49.9 Å². The van der Waals surface area contributed by atoms with Gasteiger partial charge in [-0.1, -0.05) is 35.3 Å². The molecule has 0 radical (unpaired) electrons. The number of anilines is 1. The van der Waals surface area contributed by atoms with Crippen molar-refractivity contribution in [1.82, 2.24) is 14.3 Å². The van der Waals surface area contributed by atoms with Gasteiger partial charge in [0, 0.05) is 42.7 Å². The van der Waals surface area contributed by atoms with Crippen LogP contribution in [0.3, 0.4) is 0 Å². The van der Waals surface area contributed by atoms with E-state index in [4.69, 9.17) is 42.1 Å². The van der Waals surface area contributed by atoms with Crippen LogP contribution in [0.2, 0.25) is 10.0 Å². The van der Waals surface area contributed by atoms with Gasteiger partial charge >= 0.3 is 6.09 Å². The first-order chi connectivity index (χ1) is 24.1. The van der Waals surface area contributed by atoms with Crippen molar-refractivity contribution in [3.8, 4) is 17.2 Å². The first-order valence-corrected chi connectivity index (χ1v) is 18.6. The Morgan fingerprint density at radius 2 is 1.75 bits per heavy atom. The third kappa shape index (κ3) is 8.94. The fraction of sp³-hybridized carbons (Fsp3) is 0.382. The zero-order valence-corrected chi connectivity index (χ0v) is 31.5. The minimum Gasteiger partial charge on any atom is -0.493 e. The molecule has 0 spiro atoms. The second-order valence-corrected chi connectivity index (χ2v) is 16.1. The monoisotopic (exact) mass is 784 g/mol. The summed E-state index contributed by atoms with van der Waals surface area (Å²) in [5.74, 6) is -2.69. The van der Waals surface area contributed by atoms with E-state index >= 15 is 8.78 Å². The average molecular weight is 786 g/mol. The number of aromatic nitrogens is 2. The van der Waals surface area contributed by atoms with Gasteiger partial charge in [0.25, 0.3) is 10.0 Å². The van der Waals surface area contributed by atoms with Gasteiger partial charge in [0.2, 0.25) is 5.13 Å². The van der Waals surface area contributed by atoms with Crippen molar-refractivity contribution in [3.63, 3.8) is 0 Å². The van der Waals surface area contributed by atoms with Gasteiger partial charge in [-0.2, -0.15) is 4.37 Å². The Bertz CT molecular complexity index is 1980. The molecule has 17 heteroatoms. The number of likely N-dealkylation sites (tertiary alicyclic amines) is 1. The fourth-order valence-electron chi connectivity index (χ4n) is 5.69. The van der Waals surface area contributed by atoms with E-state index in [2.05, 4.69) is 9.36 Å². The van der Waals surface area contributed by atoms with Crippen LogP contribution in [0.1, 0.15) is 44.2 Å². The molecule has 0 bridgehead atoms. The summed E-state index contributed by atoms with van der Waals surface area (Å²) in [7, 11) is -1.84. The van der Waals surface area contributed by atoms with Crippen LogP contribution in [0.5, 0.6) is 17.2 Å². The Morgan fingerprint density at radius 1 is 1.00 bits per heavy atom. The largest absolute Gasteiger partial charge is 0.493 e. The van der Waals surface area contributed by atoms with Gasteiger partial charge in [-0.25, -0.2) is 31.3 Å². The molecule has 1 aromatic heterocycles. The van der Waals surface area contributed by atoms with Crippen molar-refractivity contribution >= 4 is 56.0 Å². The van der Waals surface area contributed by atoms with Crippen LogP contribution in [0.15, 0.2) is 59.8 Å². The second-order valence-electron chi connectivity index (χ2n) is 12.7. The van der Waals surface area contributed by atoms with E-state index in [0.717, 1.165) is 27.7 Å². The summed E-state index contributed by atoms with van der Waals surface area (Å²) in [6.07, 6.45) is 1.15. The van der Waals surface area contributed by atoms with Crippen molar-refractivity contribution in [2.45, 2.75) is 50.2 Å². The van der Waals surface area contributed by atoms with E-state index in [-0.39, 0.29) is 30.7 Å². The Hall–Kier alpha value is -3.92. The van der Waals surface area contributed by atoms with Crippen molar-refractivity contribution in [2.24, 2.45) is 5.92 Å². The predicted molar refractivity (Wildman–Crippen MR) is 190 cm³/mol. The van der Waals surface area contributed by atoms with Crippen LogP contribution in [0.4, 0.5) is 18.7 Å². The number of halogens is 4.